The standard InChI is InChI=1S/C25H30N6OS2/c1-15-23(34-16(2)27-15)21-14-33-25(28-21)29-22-8-5-17(13-26-22)24(32)31-18-6-7-19(31)12-20(11-18)30-9-3-4-10-30/h5,8,13-14,18-20H,3-4,6-7,9-12H2,1-2H3,(H,26,28,29)/t18-,19?,20?/m0/s1. The van der Waals surface area contributed by atoms with E-state index in [1.54, 1.807) is 28.9 Å². The Hall–Kier alpha value is -2.36. The third-order valence-electron chi connectivity index (χ3n) is 7.49. The topological polar surface area (TPSA) is 74.2 Å². The van der Waals surface area contributed by atoms with E-state index in [1.807, 2.05) is 31.4 Å². The number of pyridine rings is 1. The molecular formula is C25H30N6OS2. The highest BCUT2D eigenvalue weighted by Gasteiger charge is 2.45. The van der Waals surface area contributed by atoms with E-state index >= 15 is 0 Å². The van der Waals surface area contributed by atoms with Crippen LogP contribution in [0.25, 0.3) is 10.6 Å². The number of hydrogen-bond donors (Lipinski definition) is 1. The molecule has 0 spiro atoms. The molecule has 0 aromatic carbocycles. The third-order valence-corrected chi connectivity index (χ3v) is 9.34. The van der Waals surface area contributed by atoms with Crippen LogP contribution in [-0.2, 0) is 0 Å². The van der Waals surface area contributed by atoms with Gasteiger partial charge in [-0.2, -0.15) is 0 Å². The summed E-state index contributed by atoms with van der Waals surface area (Å²) >= 11 is 3.21. The smallest absolute Gasteiger partial charge is 0.255 e. The fourth-order valence-corrected chi connectivity index (χ4v) is 7.61. The van der Waals surface area contributed by atoms with Gasteiger partial charge in [-0.05, 0) is 77.6 Å². The first-order valence-electron chi connectivity index (χ1n) is 12.2. The lowest BCUT2D eigenvalue weighted by atomic mass is 9.95. The molecule has 3 aliphatic heterocycles. The Kier molecular flexibility index (Phi) is 5.87. The van der Waals surface area contributed by atoms with Gasteiger partial charge in [0.05, 0.1) is 26.8 Å². The van der Waals surface area contributed by atoms with Gasteiger partial charge in [-0.3, -0.25) is 4.79 Å². The number of piperidine rings is 1. The number of nitrogens with zero attached hydrogens (tertiary/aromatic N) is 5. The molecule has 0 radical (unpaired) electrons. The van der Waals surface area contributed by atoms with Crippen molar-refractivity contribution in [3.8, 4) is 10.6 Å². The summed E-state index contributed by atoms with van der Waals surface area (Å²) in [6.07, 6.45) is 8.89. The van der Waals surface area contributed by atoms with Crippen molar-refractivity contribution in [2.45, 2.75) is 70.5 Å². The van der Waals surface area contributed by atoms with Crippen LogP contribution in [0.3, 0.4) is 0 Å². The van der Waals surface area contributed by atoms with Crippen LogP contribution in [0.4, 0.5) is 10.9 Å². The van der Waals surface area contributed by atoms with Crippen LogP contribution in [0, 0.1) is 13.8 Å². The molecule has 3 atom stereocenters. The number of thiazole rings is 2. The van der Waals surface area contributed by atoms with E-state index in [-0.39, 0.29) is 5.91 Å². The number of likely N-dealkylation sites (tertiary alicyclic amines) is 1. The van der Waals surface area contributed by atoms with Crippen molar-refractivity contribution in [1.29, 1.82) is 0 Å². The maximum atomic E-state index is 13.4. The molecule has 3 aliphatic rings. The summed E-state index contributed by atoms with van der Waals surface area (Å²) in [5, 5.41) is 7.16. The fraction of sp³-hybridized carbons (Fsp3) is 0.520. The molecular weight excluding hydrogens is 464 g/mol. The van der Waals surface area contributed by atoms with Crippen LogP contribution in [0.1, 0.15) is 59.6 Å². The molecule has 34 heavy (non-hydrogen) atoms. The molecule has 178 valence electrons. The second-order valence-corrected chi connectivity index (χ2v) is 11.8. The molecule has 3 aromatic heterocycles. The molecule has 1 N–H and O–H groups in total. The van der Waals surface area contributed by atoms with E-state index in [1.165, 1.54) is 25.9 Å². The van der Waals surface area contributed by atoms with Gasteiger partial charge in [-0.1, -0.05) is 0 Å². The van der Waals surface area contributed by atoms with Gasteiger partial charge in [0.1, 0.15) is 5.82 Å². The van der Waals surface area contributed by atoms with Crippen LogP contribution in [0.2, 0.25) is 0 Å². The van der Waals surface area contributed by atoms with E-state index < -0.39 is 0 Å². The number of nitrogens with one attached hydrogen (secondary N) is 1. The zero-order valence-electron chi connectivity index (χ0n) is 19.7. The summed E-state index contributed by atoms with van der Waals surface area (Å²) in [5.41, 5.74) is 2.63. The van der Waals surface area contributed by atoms with Crippen molar-refractivity contribution in [2.24, 2.45) is 0 Å². The summed E-state index contributed by atoms with van der Waals surface area (Å²) in [6.45, 7) is 6.51. The van der Waals surface area contributed by atoms with Crippen molar-refractivity contribution in [3.63, 3.8) is 0 Å². The van der Waals surface area contributed by atoms with Gasteiger partial charge in [-0.25, -0.2) is 15.0 Å². The average Bonchev–Trinajstić information content (AvgIpc) is 3.62. The van der Waals surface area contributed by atoms with Crippen molar-refractivity contribution in [3.05, 3.63) is 40.0 Å². The normalized spacial score (nSPS) is 24.6. The SMILES string of the molecule is Cc1nc(C)c(-c2csc(Nc3ccc(C(=O)N4C5CC[C@H]4CC(N4CCCC4)C5)cn3)n2)s1. The van der Waals surface area contributed by atoms with Crippen molar-refractivity contribution in [2.75, 3.05) is 18.4 Å². The van der Waals surface area contributed by atoms with Gasteiger partial charge >= 0.3 is 0 Å². The number of fused-ring (bicyclic) bond motifs is 2. The number of carbonyl (C=O) groups excluding carboxylic acids is 1. The number of hydrogen-bond acceptors (Lipinski definition) is 8. The van der Waals surface area contributed by atoms with Crippen LogP contribution in [0.5, 0.6) is 0 Å². The molecule has 3 fully saturated rings. The Morgan fingerprint density at radius 1 is 1.06 bits per heavy atom. The van der Waals surface area contributed by atoms with Crippen molar-refractivity contribution < 1.29 is 4.79 Å². The molecule has 3 aromatic rings. The summed E-state index contributed by atoms with van der Waals surface area (Å²) in [6, 6.07) is 5.20. The molecule has 6 rings (SSSR count). The Morgan fingerprint density at radius 3 is 2.47 bits per heavy atom. The predicted octanol–water partition coefficient (Wildman–Crippen LogP) is 5.25. The summed E-state index contributed by atoms with van der Waals surface area (Å²) < 4.78 is 0. The zero-order chi connectivity index (χ0) is 23.2. The Bertz CT molecular complexity index is 1170. The fourth-order valence-electron chi connectivity index (χ4n) is 5.94. The number of aromatic nitrogens is 3. The first kappa shape index (κ1) is 22.1. The van der Waals surface area contributed by atoms with Crippen molar-refractivity contribution >= 4 is 39.5 Å². The maximum Gasteiger partial charge on any atom is 0.255 e. The third kappa shape index (κ3) is 4.14. The molecule has 1 amide bonds. The molecule has 3 saturated heterocycles. The first-order valence-corrected chi connectivity index (χ1v) is 13.9. The second-order valence-electron chi connectivity index (χ2n) is 9.71. The molecule has 0 saturated carbocycles. The molecule has 2 bridgehead atoms. The largest absolute Gasteiger partial charge is 0.333 e. The number of amides is 1. The Morgan fingerprint density at radius 2 is 1.82 bits per heavy atom. The van der Waals surface area contributed by atoms with E-state index in [0.29, 0.717) is 29.5 Å². The predicted molar refractivity (Wildman–Crippen MR) is 137 cm³/mol. The van der Waals surface area contributed by atoms with Gasteiger partial charge in [0.2, 0.25) is 0 Å². The van der Waals surface area contributed by atoms with Crippen molar-refractivity contribution in [1.82, 2.24) is 24.8 Å². The molecule has 7 nitrogen and oxygen atoms in total. The number of aryl methyl sites for hydroxylation is 2. The van der Waals surface area contributed by atoms with E-state index in [0.717, 1.165) is 52.1 Å². The quantitative estimate of drug-likeness (QED) is 0.522. The highest BCUT2D eigenvalue weighted by molar-refractivity contribution is 7.16. The minimum absolute atomic E-state index is 0.138. The van der Waals surface area contributed by atoms with E-state index in [4.69, 9.17) is 4.98 Å². The second kappa shape index (κ2) is 9.02. The number of anilines is 2. The molecule has 0 aliphatic carbocycles. The zero-order valence-corrected chi connectivity index (χ0v) is 21.3. The summed E-state index contributed by atoms with van der Waals surface area (Å²) in [4.78, 5) is 33.1. The monoisotopic (exact) mass is 494 g/mol. The van der Waals surface area contributed by atoms with Gasteiger partial charge < -0.3 is 15.1 Å². The highest BCUT2D eigenvalue weighted by Crippen LogP contribution is 2.39. The first-order chi connectivity index (χ1) is 16.5. The van der Waals surface area contributed by atoms with Crippen LogP contribution >= 0.6 is 22.7 Å². The summed E-state index contributed by atoms with van der Waals surface area (Å²) in [7, 11) is 0. The maximum absolute atomic E-state index is 13.4. The molecule has 2 unspecified atom stereocenters. The molecule has 6 heterocycles. The van der Waals surface area contributed by atoms with Gasteiger partial charge in [0, 0.05) is 29.7 Å². The lowest BCUT2D eigenvalue weighted by molar-refractivity contribution is 0.0441. The Labute approximate surface area is 208 Å². The Balaban J connectivity index is 1.11. The minimum Gasteiger partial charge on any atom is -0.333 e. The average molecular weight is 495 g/mol. The van der Waals surface area contributed by atoms with Gasteiger partial charge in [0.15, 0.2) is 5.13 Å². The number of rotatable bonds is 5. The lowest BCUT2D eigenvalue weighted by Gasteiger charge is -2.42. The van der Waals surface area contributed by atoms with Crippen LogP contribution < -0.4 is 5.32 Å². The van der Waals surface area contributed by atoms with Crippen LogP contribution in [-0.4, -0.2) is 61.9 Å². The minimum atomic E-state index is 0.138. The van der Waals surface area contributed by atoms with E-state index in [9.17, 15) is 4.79 Å². The van der Waals surface area contributed by atoms with Crippen LogP contribution in [0.15, 0.2) is 23.7 Å². The lowest BCUT2D eigenvalue weighted by Crippen LogP contribution is -2.52. The highest BCUT2D eigenvalue weighted by atomic mass is 32.1. The van der Waals surface area contributed by atoms with Gasteiger partial charge in [-0.15, -0.1) is 22.7 Å². The van der Waals surface area contributed by atoms with E-state index in [2.05, 4.69) is 25.1 Å². The number of carbonyl (C=O) groups is 1. The van der Waals surface area contributed by atoms with Gasteiger partial charge in [0.25, 0.3) is 5.91 Å². The molecule has 9 heteroatoms. The summed E-state index contributed by atoms with van der Waals surface area (Å²) in [5.74, 6) is 0.837.